The second kappa shape index (κ2) is 12.7. The molecule has 0 saturated carbocycles. The lowest BCUT2D eigenvalue weighted by atomic mass is 10.1. The Labute approximate surface area is 211 Å². The molecule has 3 N–H and O–H groups in total. The molecule has 176 valence electrons. The van der Waals surface area contributed by atoms with Gasteiger partial charge in [-0.15, -0.1) is 0 Å². The SMILES string of the molecule is COc1ccc(CC(=O)NNC(=S)NC(=O)c2cc(Br)ccc2OCCc2ccccc2)cc1. The number of hydrogen-bond acceptors (Lipinski definition) is 5. The highest BCUT2D eigenvalue weighted by atomic mass is 79.9. The van der Waals surface area contributed by atoms with Crippen molar-refractivity contribution in [2.75, 3.05) is 13.7 Å². The van der Waals surface area contributed by atoms with E-state index in [9.17, 15) is 9.59 Å². The van der Waals surface area contributed by atoms with Crippen molar-refractivity contribution in [1.82, 2.24) is 16.2 Å². The Bertz CT molecular complexity index is 1140. The first-order valence-corrected chi connectivity index (χ1v) is 11.6. The molecule has 0 bridgehead atoms. The molecule has 7 nitrogen and oxygen atoms in total. The quantitative estimate of drug-likeness (QED) is 0.295. The van der Waals surface area contributed by atoms with E-state index in [0.29, 0.717) is 30.1 Å². The second-order valence-electron chi connectivity index (χ2n) is 7.21. The lowest BCUT2D eigenvalue weighted by molar-refractivity contribution is -0.121. The number of benzene rings is 3. The van der Waals surface area contributed by atoms with Crippen molar-refractivity contribution in [3.63, 3.8) is 0 Å². The van der Waals surface area contributed by atoms with E-state index >= 15 is 0 Å². The van der Waals surface area contributed by atoms with Gasteiger partial charge in [0.25, 0.3) is 5.91 Å². The number of rotatable bonds is 8. The Morgan fingerprint density at radius 2 is 1.68 bits per heavy atom. The Kier molecular flexibility index (Phi) is 9.42. The van der Waals surface area contributed by atoms with Crippen LogP contribution in [0.2, 0.25) is 0 Å². The van der Waals surface area contributed by atoms with Crippen LogP contribution in [0.15, 0.2) is 77.3 Å². The van der Waals surface area contributed by atoms with Crippen LogP contribution in [-0.4, -0.2) is 30.6 Å². The summed E-state index contributed by atoms with van der Waals surface area (Å²) in [6.07, 6.45) is 0.844. The summed E-state index contributed by atoms with van der Waals surface area (Å²) in [5, 5.41) is 2.52. The number of hydrazine groups is 1. The minimum atomic E-state index is -0.460. The molecule has 0 heterocycles. The maximum absolute atomic E-state index is 12.8. The Hall–Kier alpha value is -3.43. The van der Waals surface area contributed by atoms with Gasteiger partial charge in [-0.3, -0.25) is 25.8 Å². The molecule has 0 aliphatic heterocycles. The van der Waals surface area contributed by atoms with Gasteiger partial charge in [-0.1, -0.05) is 58.4 Å². The predicted molar refractivity (Wildman–Crippen MR) is 138 cm³/mol. The van der Waals surface area contributed by atoms with Crippen LogP contribution >= 0.6 is 28.1 Å². The fourth-order valence-electron chi connectivity index (χ4n) is 3.03. The zero-order chi connectivity index (χ0) is 24.3. The molecule has 0 radical (unpaired) electrons. The van der Waals surface area contributed by atoms with Crippen LogP contribution in [-0.2, 0) is 17.6 Å². The van der Waals surface area contributed by atoms with E-state index in [2.05, 4.69) is 32.1 Å². The molecule has 0 unspecified atom stereocenters. The molecule has 0 fully saturated rings. The minimum Gasteiger partial charge on any atom is -0.497 e. The summed E-state index contributed by atoms with van der Waals surface area (Å²) < 4.78 is 11.7. The van der Waals surface area contributed by atoms with Gasteiger partial charge < -0.3 is 9.47 Å². The minimum absolute atomic E-state index is 0.0386. The van der Waals surface area contributed by atoms with E-state index < -0.39 is 5.91 Å². The average molecular weight is 542 g/mol. The van der Waals surface area contributed by atoms with Gasteiger partial charge in [0.15, 0.2) is 5.11 Å². The highest BCUT2D eigenvalue weighted by molar-refractivity contribution is 9.10. The van der Waals surface area contributed by atoms with Crippen molar-refractivity contribution in [3.8, 4) is 11.5 Å². The van der Waals surface area contributed by atoms with Crippen molar-refractivity contribution >= 4 is 45.1 Å². The van der Waals surface area contributed by atoms with Gasteiger partial charge in [-0.05, 0) is 53.7 Å². The number of carbonyl (C=O) groups excluding carboxylic acids is 2. The lowest BCUT2D eigenvalue weighted by Gasteiger charge is -2.14. The predicted octanol–water partition coefficient (Wildman–Crippen LogP) is 3.96. The fourth-order valence-corrected chi connectivity index (χ4v) is 3.53. The number of methoxy groups -OCH3 is 1. The number of amides is 2. The van der Waals surface area contributed by atoms with E-state index in [4.69, 9.17) is 21.7 Å². The number of hydrogen-bond donors (Lipinski definition) is 3. The molecule has 0 spiro atoms. The van der Waals surface area contributed by atoms with Gasteiger partial charge in [-0.2, -0.15) is 0 Å². The number of nitrogens with one attached hydrogen (secondary N) is 3. The Balaban J connectivity index is 1.50. The van der Waals surface area contributed by atoms with Crippen LogP contribution in [0, 0.1) is 0 Å². The fraction of sp³-hybridized carbons (Fsp3) is 0.160. The third kappa shape index (κ3) is 7.86. The Morgan fingerprint density at radius 3 is 2.38 bits per heavy atom. The van der Waals surface area contributed by atoms with Crippen LogP contribution in [0.3, 0.4) is 0 Å². The van der Waals surface area contributed by atoms with Gasteiger partial charge in [0.05, 0.1) is 25.7 Å². The van der Waals surface area contributed by atoms with E-state index in [1.165, 1.54) is 0 Å². The van der Waals surface area contributed by atoms with Crippen molar-refractivity contribution < 1.29 is 19.1 Å². The topological polar surface area (TPSA) is 88.7 Å². The third-order valence-corrected chi connectivity index (χ3v) is 5.44. The molecular weight excluding hydrogens is 518 g/mol. The maximum atomic E-state index is 12.8. The molecule has 0 aliphatic rings. The summed E-state index contributed by atoms with van der Waals surface area (Å²) in [5.74, 6) is 0.372. The smallest absolute Gasteiger partial charge is 0.261 e. The normalized spacial score (nSPS) is 10.2. The Morgan fingerprint density at radius 1 is 0.941 bits per heavy atom. The molecular formula is C25H24BrN3O4S. The van der Waals surface area contributed by atoms with Crippen LogP contribution in [0.4, 0.5) is 0 Å². The van der Waals surface area contributed by atoms with Crippen molar-refractivity contribution in [1.29, 1.82) is 0 Å². The van der Waals surface area contributed by atoms with Gasteiger partial charge >= 0.3 is 0 Å². The van der Waals surface area contributed by atoms with Crippen molar-refractivity contribution in [3.05, 3.63) is 94.0 Å². The van der Waals surface area contributed by atoms with Gasteiger partial charge in [0.2, 0.25) is 5.91 Å². The van der Waals surface area contributed by atoms with Crippen LogP contribution in [0.5, 0.6) is 11.5 Å². The number of carbonyl (C=O) groups is 2. The van der Waals surface area contributed by atoms with E-state index in [-0.39, 0.29) is 17.4 Å². The summed E-state index contributed by atoms with van der Waals surface area (Å²) in [7, 11) is 1.58. The van der Waals surface area contributed by atoms with Gasteiger partial charge in [0, 0.05) is 10.9 Å². The lowest BCUT2D eigenvalue weighted by Crippen LogP contribution is -2.48. The van der Waals surface area contributed by atoms with Crippen LogP contribution < -0.4 is 25.6 Å². The number of ether oxygens (including phenoxy) is 2. The van der Waals surface area contributed by atoms with E-state index in [1.54, 1.807) is 49.6 Å². The zero-order valence-electron chi connectivity index (χ0n) is 18.5. The first-order valence-electron chi connectivity index (χ1n) is 10.4. The molecule has 0 saturated heterocycles. The van der Waals surface area contributed by atoms with E-state index in [1.807, 2.05) is 30.3 Å². The summed E-state index contributed by atoms with van der Waals surface area (Å²) >= 11 is 8.52. The molecule has 2 amide bonds. The summed E-state index contributed by atoms with van der Waals surface area (Å²) in [4.78, 5) is 25.0. The third-order valence-electron chi connectivity index (χ3n) is 4.74. The number of halogens is 1. The molecule has 34 heavy (non-hydrogen) atoms. The molecule has 0 atom stereocenters. The summed E-state index contributed by atoms with van der Waals surface area (Å²) in [6, 6.07) is 22.2. The molecule has 0 aromatic heterocycles. The van der Waals surface area contributed by atoms with Crippen molar-refractivity contribution in [2.24, 2.45) is 0 Å². The first kappa shape index (κ1) is 25.2. The average Bonchev–Trinajstić information content (AvgIpc) is 2.84. The van der Waals surface area contributed by atoms with Gasteiger partial charge in [-0.25, -0.2) is 0 Å². The molecule has 9 heteroatoms. The number of thiocarbonyl (C=S) groups is 1. The highest BCUT2D eigenvalue weighted by Crippen LogP contribution is 2.23. The monoisotopic (exact) mass is 541 g/mol. The van der Waals surface area contributed by atoms with Crippen molar-refractivity contribution in [2.45, 2.75) is 12.8 Å². The molecule has 3 aromatic carbocycles. The van der Waals surface area contributed by atoms with Crippen LogP contribution in [0.25, 0.3) is 0 Å². The molecule has 3 aromatic rings. The second-order valence-corrected chi connectivity index (χ2v) is 8.53. The van der Waals surface area contributed by atoms with Crippen LogP contribution in [0.1, 0.15) is 21.5 Å². The maximum Gasteiger partial charge on any atom is 0.261 e. The summed E-state index contributed by atoms with van der Waals surface area (Å²) in [5.41, 5.74) is 7.29. The zero-order valence-corrected chi connectivity index (χ0v) is 20.9. The molecule has 3 rings (SSSR count). The van der Waals surface area contributed by atoms with E-state index in [0.717, 1.165) is 15.6 Å². The highest BCUT2D eigenvalue weighted by Gasteiger charge is 2.15. The molecule has 0 aliphatic carbocycles. The van der Waals surface area contributed by atoms with Gasteiger partial charge in [0.1, 0.15) is 11.5 Å². The summed E-state index contributed by atoms with van der Waals surface area (Å²) in [6.45, 7) is 0.413. The standard InChI is InChI=1S/C25H24BrN3O4S/c1-32-20-10-7-18(8-11-20)15-23(30)28-29-25(34)27-24(31)21-16-19(26)9-12-22(21)33-14-13-17-5-3-2-4-6-17/h2-12,16H,13-15H2,1H3,(H,28,30)(H2,27,29,31,34). The first-order chi connectivity index (χ1) is 16.4. The largest absolute Gasteiger partial charge is 0.497 e.